The Morgan fingerprint density at radius 3 is 2.56 bits per heavy atom. The molecule has 0 unspecified atom stereocenters. The molecule has 0 atom stereocenters. The van der Waals surface area contributed by atoms with Crippen LogP contribution in [0.4, 0.5) is 10.5 Å². The van der Waals surface area contributed by atoms with Crippen molar-refractivity contribution in [2.24, 2.45) is 0 Å². The molecule has 1 rings (SSSR count). The minimum atomic E-state index is -1.10. The Hall–Kier alpha value is -1.98. The van der Waals surface area contributed by atoms with Crippen LogP contribution < -0.4 is 10.6 Å². The van der Waals surface area contributed by atoms with Gasteiger partial charge in [0, 0.05) is 11.2 Å². The molecule has 0 radical (unpaired) electrons. The molecule has 18 heavy (non-hydrogen) atoms. The molecule has 0 aromatic carbocycles. The number of carboxylic acids is 1. The van der Waals surface area contributed by atoms with Crippen molar-refractivity contribution >= 4 is 17.7 Å². The van der Waals surface area contributed by atoms with Gasteiger partial charge in [0.25, 0.3) is 0 Å². The summed E-state index contributed by atoms with van der Waals surface area (Å²) in [6.45, 7) is 7.48. The number of carbonyl (C=O) groups is 2. The minimum absolute atomic E-state index is 0.0167. The third-order valence-electron chi connectivity index (χ3n) is 2.75. The van der Waals surface area contributed by atoms with Crippen molar-refractivity contribution in [2.75, 3.05) is 5.32 Å². The van der Waals surface area contributed by atoms with E-state index in [1.165, 1.54) is 0 Å². The summed E-state index contributed by atoms with van der Waals surface area (Å²) in [5.41, 5.74) is 0.595. The second-order valence-electron chi connectivity index (χ2n) is 4.86. The molecule has 1 heterocycles. The number of aryl methyl sites for hydroxylation is 1. The number of aromatic amines is 1. The maximum atomic E-state index is 11.7. The van der Waals surface area contributed by atoms with Gasteiger partial charge < -0.3 is 20.7 Å². The van der Waals surface area contributed by atoms with Crippen LogP contribution in [0, 0.1) is 6.92 Å². The van der Waals surface area contributed by atoms with Gasteiger partial charge in [-0.15, -0.1) is 0 Å². The lowest BCUT2D eigenvalue weighted by atomic mass is 10.0. The van der Waals surface area contributed by atoms with E-state index < -0.39 is 12.0 Å². The maximum absolute atomic E-state index is 11.7. The molecular formula is C12H19N3O3. The van der Waals surface area contributed by atoms with Gasteiger partial charge in [-0.3, -0.25) is 0 Å². The van der Waals surface area contributed by atoms with E-state index in [1.54, 1.807) is 13.0 Å². The molecule has 6 heteroatoms. The maximum Gasteiger partial charge on any atom is 0.354 e. The fourth-order valence-electron chi connectivity index (χ4n) is 1.41. The number of urea groups is 1. The molecule has 1 aromatic rings. The average Bonchev–Trinajstić information content (AvgIpc) is 2.58. The van der Waals surface area contributed by atoms with Crippen molar-refractivity contribution in [1.29, 1.82) is 0 Å². The molecule has 0 saturated carbocycles. The third kappa shape index (κ3) is 3.51. The molecule has 0 aliphatic carbocycles. The first-order valence-corrected chi connectivity index (χ1v) is 5.77. The summed E-state index contributed by atoms with van der Waals surface area (Å²) in [6.07, 6.45) is 0.776. The quantitative estimate of drug-likeness (QED) is 0.663. The zero-order valence-electron chi connectivity index (χ0n) is 11.0. The number of carbonyl (C=O) groups excluding carboxylic acids is 1. The van der Waals surface area contributed by atoms with E-state index in [1.807, 2.05) is 20.8 Å². The van der Waals surface area contributed by atoms with Gasteiger partial charge in [-0.2, -0.15) is 0 Å². The zero-order chi connectivity index (χ0) is 13.9. The fourth-order valence-corrected chi connectivity index (χ4v) is 1.41. The summed E-state index contributed by atoms with van der Waals surface area (Å²) in [5, 5.41) is 14.3. The minimum Gasteiger partial charge on any atom is -0.477 e. The monoisotopic (exact) mass is 253 g/mol. The second-order valence-corrected chi connectivity index (χ2v) is 4.86. The highest BCUT2D eigenvalue weighted by Crippen LogP contribution is 2.17. The Labute approximate surface area is 106 Å². The molecule has 6 nitrogen and oxygen atoms in total. The van der Waals surface area contributed by atoms with Crippen LogP contribution in [0.15, 0.2) is 6.07 Å². The van der Waals surface area contributed by atoms with E-state index in [0.717, 1.165) is 6.42 Å². The lowest BCUT2D eigenvalue weighted by Crippen LogP contribution is -2.45. The van der Waals surface area contributed by atoms with Crippen LogP contribution in [0.25, 0.3) is 0 Å². The van der Waals surface area contributed by atoms with Gasteiger partial charge >= 0.3 is 12.0 Å². The lowest BCUT2D eigenvalue weighted by molar-refractivity contribution is 0.0692. The van der Waals surface area contributed by atoms with E-state index >= 15 is 0 Å². The number of hydrogen-bond acceptors (Lipinski definition) is 2. The van der Waals surface area contributed by atoms with Crippen molar-refractivity contribution in [3.63, 3.8) is 0 Å². The predicted molar refractivity (Wildman–Crippen MR) is 69.0 cm³/mol. The van der Waals surface area contributed by atoms with Crippen molar-refractivity contribution in [2.45, 2.75) is 39.7 Å². The molecule has 0 bridgehead atoms. The number of aromatic nitrogens is 1. The molecule has 0 spiro atoms. The van der Waals surface area contributed by atoms with Gasteiger partial charge in [-0.25, -0.2) is 9.59 Å². The van der Waals surface area contributed by atoms with Gasteiger partial charge in [0.15, 0.2) is 0 Å². The smallest absolute Gasteiger partial charge is 0.354 e. The molecule has 0 fully saturated rings. The standard InChI is InChI=1S/C12H19N3O3/c1-5-12(3,4)15-11(18)14-8-6-7(2)13-9(8)10(16)17/h6,13H,5H2,1-4H3,(H,16,17)(H2,14,15,18). The van der Waals surface area contributed by atoms with Crippen molar-refractivity contribution in [3.8, 4) is 0 Å². The van der Waals surface area contributed by atoms with Crippen LogP contribution in [0.1, 0.15) is 43.4 Å². The molecule has 1 aromatic heterocycles. The Balaban J connectivity index is 2.79. The molecule has 100 valence electrons. The number of H-pyrrole nitrogens is 1. The molecular weight excluding hydrogens is 234 g/mol. The highest BCUT2D eigenvalue weighted by molar-refractivity contribution is 5.99. The number of rotatable bonds is 4. The van der Waals surface area contributed by atoms with E-state index in [-0.39, 0.29) is 16.9 Å². The van der Waals surface area contributed by atoms with Crippen LogP contribution >= 0.6 is 0 Å². The fraction of sp³-hybridized carbons (Fsp3) is 0.500. The number of aromatic carboxylic acids is 1. The summed E-state index contributed by atoms with van der Waals surface area (Å²) in [4.78, 5) is 25.4. The Morgan fingerprint density at radius 1 is 1.44 bits per heavy atom. The summed E-state index contributed by atoms with van der Waals surface area (Å²) in [7, 11) is 0. The normalized spacial score (nSPS) is 11.1. The van der Waals surface area contributed by atoms with Crippen LogP contribution in [0.3, 0.4) is 0 Å². The highest BCUT2D eigenvalue weighted by atomic mass is 16.4. The first-order valence-electron chi connectivity index (χ1n) is 5.77. The second kappa shape index (κ2) is 5.12. The van der Waals surface area contributed by atoms with Gasteiger partial charge in [0.2, 0.25) is 0 Å². The predicted octanol–water partition coefficient (Wildman–Crippen LogP) is 2.33. The SMILES string of the molecule is CCC(C)(C)NC(=O)Nc1cc(C)[nH]c1C(=O)O. The first-order chi connectivity index (χ1) is 8.25. The number of amides is 2. The summed E-state index contributed by atoms with van der Waals surface area (Å²) in [5.74, 6) is -1.10. The number of carboxylic acid groups (broad SMARTS) is 1. The van der Waals surface area contributed by atoms with Gasteiger partial charge in [0.1, 0.15) is 5.69 Å². The molecule has 4 N–H and O–H groups in total. The third-order valence-corrected chi connectivity index (χ3v) is 2.75. The van der Waals surface area contributed by atoms with Gasteiger partial charge in [-0.1, -0.05) is 6.92 Å². The highest BCUT2D eigenvalue weighted by Gasteiger charge is 2.20. The van der Waals surface area contributed by atoms with Crippen LogP contribution in [-0.4, -0.2) is 27.6 Å². The number of hydrogen-bond donors (Lipinski definition) is 4. The topological polar surface area (TPSA) is 94.2 Å². The largest absolute Gasteiger partial charge is 0.477 e. The van der Waals surface area contributed by atoms with Crippen molar-refractivity contribution < 1.29 is 14.7 Å². The van der Waals surface area contributed by atoms with Crippen LogP contribution in [0.5, 0.6) is 0 Å². The summed E-state index contributed by atoms with van der Waals surface area (Å²) in [6, 6.07) is 1.17. The summed E-state index contributed by atoms with van der Waals surface area (Å²) < 4.78 is 0. The average molecular weight is 253 g/mol. The van der Waals surface area contributed by atoms with E-state index in [9.17, 15) is 9.59 Å². The molecule has 0 aliphatic rings. The van der Waals surface area contributed by atoms with Crippen molar-refractivity contribution in [1.82, 2.24) is 10.3 Å². The molecule has 0 saturated heterocycles. The van der Waals surface area contributed by atoms with Gasteiger partial charge in [0.05, 0.1) is 5.69 Å². The van der Waals surface area contributed by atoms with E-state index in [0.29, 0.717) is 5.69 Å². The van der Waals surface area contributed by atoms with E-state index in [4.69, 9.17) is 5.11 Å². The summed E-state index contributed by atoms with van der Waals surface area (Å²) >= 11 is 0. The number of anilines is 1. The van der Waals surface area contributed by atoms with Crippen LogP contribution in [0.2, 0.25) is 0 Å². The zero-order valence-corrected chi connectivity index (χ0v) is 11.0. The number of nitrogens with one attached hydrogen (secondary N) is 3. The van der Waals surface area contributed by atoms with Crippen molar-refractivity contribution in [3.05, 3.63) is 17.5 Å². The molecule has 0 aliphatic heterocycles. The first kappa shape index (κ1) is 14.1. The Bertz CT molecular complexity index is 463. The molecule has 2 amide bonds. The Morgan fingerprint density at radius 2 is 2.06 bits per heavy atom. The van der Waals surface area contributed by atoms with E-state index in [2.05, 4.69) is 15.6 Å². The Kier molecular flexibility index (Phi) is 4.00. The van der Waals surface area contributed by atoms with Gasteiger partial charge in [-0.05, 0) is 33.3 Å². The van der Waals surface area contributed by atoms with Crippen LogP contribution in [-0.2, 0) is 0 Å². The lowest BCUT2D eigenvalue weighted by Gasteiger charge is -2.24.